The molecule has 1 aromatic rings. The van der Waals surface area contributed by atoms with Gasteiger partial charge in [-0.25, -0.2) is 13.1 Å². The normalized spacial score (nSPS) is 13.4. The van der Waals surface area contributed by atoms with E-state index in [4.69, 9.17) is 0 Å². The summed E-state index contributed by atoms with van der Waals surface area (Å²) in [4.78, 5) is 0. The Morgan fingerprint density at radius 2 is 2.00 bits per heavy atom. The number of nitrogens with one attached hydrogen (secondary N) is 2. The molecule has 0 saturated heterocycles. The van der Waals surface area contributed by atoms with Crippen molar-refractivity contribution in [2.24, 2.45) is 0 Å². The van der Waals surface area contributed by atoms with Gasteiger partial charge in [0.25, 0.3) is 0 Å². The molecule has 0 radical (unpaired) electrons. The molecule has 0 bridgehead atoms. The summed E-state index contributed by atoms with van der Waals surface area (Å²) in [5.41, 5.74) is 2.64. The monoisotopic (exact) mass is 284 g/mol. The molecule has 19 heavy (non-hydrogen) atoms. The van der Waals surface area contributed by atoms with Crippen LogP contribution >= 0.6 is 0 Å². The molecular formula is C14H24N2O2S. The lowest BCUT2D eigenvalue weighted by Crippen LogP contribution is -2.35. The summed E-state index contributed by atoms with van der Waals surface area (Å²) in [7, 11) is -3.07. The molecular weight excluding hydrogens is 260 g/mol. The van der Waals surface area contributed by atoms with Gasteiger partial charge in [-0.3, -0.25) is 0 Å². The van der Waals surface area contributed by atoms with E-state index in [1.807, 2.05) is 0 Å². The van der Waals surface area contributed by atoms with Gasteiger partial charge >= 0.3 is 0 Å². The molecule has 2 N–H and O–H groups in total. The van der Waals surface area contributed by atoms with E-state index >= 15 is 0 Å². The van der Waals surface area contributed by atoms with Gasteiger partial charge in [0.2, 0.25) is 10.0 Å². The fraction of sp³-hybridized carbons (Fsp3) is 0.571. The molecule has 1 aromatic carbocycles. The van der Waals surface area contributed by atoms with Gasteiger partial charge in [-0.1, -0.05) is 29.8 Å². The maximum Gasteiger partial charge on any atom is 0.208 e. The molecule has 0 aliphatic carbocycles. The third-order valence-corrected chi connectivity index (χ3v) is 3.66. The van der Waals surface area contributed by atoms with Crippen molar-refractivity contribution >= 4 is 10.0 Å². The second-order valence-corrected chi connectivity index (χ2v) is 6.88. The topological polar surface area (TPSA) is 58.2 Å². The Kier molecular flexibility index (Phi) is 6.48. The van der Waals surface area contributed by atoms with E-state index < -0.39 is 10.0 Å². The van der Waals surface area contributed by atoms with Gasteiger partial charge < -0.3 is 5.32 Å². The predicted octanol–water partition coefficient (Wildman–Crippen LogP) is 1.45. The van der Waals surface area contributed by atoms with Crippen LogP contribution in [0, 0.1) is 6.92 Å². The maximum atomic E-state index is 10.9. The van der Waals surface area contributed by atoms with Crippen LogP contribution in [0.1, 0.15) is 24.5 Å². The van der Waals surface area contributed by atoms with E-state index in [2.05, 4.69) is 48.2 Å². The molecule has 4 nitrogen and oxygen atoms in total. The summed E-state index contributed by atoms with van der Waals surface area (Å²) < 4.78 is 24.2. The molecule has 5 heteroatoms. The molecule has 0 amide bonds. The van der Waals surface area contributed by atoms with Crippen molar-refractivity contribution in [2.45, 2.75) is 32.7 Å². The van der Waals surface area contributed by atoms with Crippen molar-refractivity contribution in [1.82, 2.24) is 10.0 Å². The standard InChI is InChI=1S/C14H24N2O2S/c1-12-5-4-6-14(11-12)8-7-13(2)15-9-10-16-19(3,17)18/h4-6,11,13,15-16H,7-10H2,1-3H3. The van der Waals surface area contributed by atoms with Gasteiger partial charge in [-0.2, -0.15) is 0 Å². The number of hydrogen-bond donors (Lipinski definition) is 2. The van der Waals surface area contributed by atoms with Crippen LogP contribution in [0.4, 0.5) is 0 Å². The first-order valence-corrected chi connectivity index (χ1v) is 8.49. The molecule has 0 aliphatic heterocycles. The van der Waals surface area contributed by atoms with Gasteiger partial charge in [-0.15, -0.1) is 0 Å². The fourth-order valence-electron chi connectivity index (χ4n) is 1.91. The molecule has 0 saturated carbocycles. The van der Waals surface area contributed by atoms with Crippen LogP contribution in [0.2, 0.25) is 0 Å². The fourth-order valence-corrected chi connectivity index (χ4v) is 2.38. The summed E-state index contributed by atoms with van der Waals surface area (Å²) >= 11 is 0. The second-order valence-electron chi connectivity index (χ2n) is 5.05. The summed E-state index contributed by atoms with van der Waals surface area (Å²) in [6.45, 7) is 5.31. The summed E-state index contributed by atoms with van der Waals surface area (Å²) in [6, 6.07) is 8.91. The van der Waals surface area contributed by atoms with Crippen LogP contribution in [0.15, 0.2) is 24.3 Å². The van der Waals surface area contributed by atoms with Gasteiger partial charge in [0.15, 0.2) is 0 Å². The van der Waals surface area contributed by atoms with Crippen LogP contribution in [-0.2, 0) is 16.4 Å². The van der Waals surface area contributed by atoms with Gasteiger partial charge in [-0.05, 0) is 32.3 Å². The van der Waals surface area contributed by atoms with Crippen molar-refractivity contribution < 1.29 is 8.42 Å². The molecule has 0 spiro atoms. The predicted molar refractivity (Wildman–Crippen MR) is 79.8 cm³/mol. The Morgan fingerprint density at radius 3 is 2.63 bits per heavy atom. The zero-order valence-corrected chi connectivity index (χ0v) is 12.8. The van der Waals surface area contributed by atoms with E-state index in [1.54, 1.807) is 0 Å². The molecule has 108 valence electrons. The number of benzene rings is 1. The maximum absolute atomic E-state index is 10.9. The van der Waals surface area contributed by atoms with Gasteiger partial charge in [0.05, 0.1) is 6.26 Å². The van der Waals surface area contributed by atoms with Crippen molar-refractivity contribution in [2.75, 3.05) is 19.3 Å². The first-order chi connectivity index (χ1) is 8.87. The minimum absolute atomic E-state index is 0.377. The Hall–Kier alpha value is -0.910. The molecule has 0 aliphatic rings. The largest absolute Gasteiger partial charge is 0.313 e. The second kappa shape index (κ2) is 7.62. The third kappa shape index (κ3) is 7.97. The lowest BCUT2D eigenvalue weighted by Gasteiger charge is -2.14. The molecule has 1 rings (SSSR count). The lowest BCUT2D eigenvalue weighted by atomic mass is 10.0. The van der Waals surface area contributed by atoms with Crippen molar-refractivity contribution in [1.29, 1.82) is 0 Å². The smallest absolute Gasteiger partial charge is 0.208 e. The van der Waals surface area contributed by atoms with Crippen LogP contribution in [0.3, 0.4) is 0 Å². The number of aryl methyl sites for hydroxylation is 2. The van der Waals surface area contributed by atoms with E-state index in [9.17, 15) is 8.42 Å². The highest BCUT2D eigenvalue weighted by atomic mass is 32.2. The van der Waals surface area contributed by atoms with Crippen LogP contribution < -0.4 is 10.0 Å². The highest BCUT2D eigenvalue weighted by Crippen LogP contribution is 2.07. The quantitative estimate of drug-likeness (QED) is 0.711. The Bertz CT molecular complexity index is 486. The summed E-state index contributed by atoms with van der Waals surface area (Å²) in [5, 5.41) is 3.31. The van der Waals surface area contributed by atoms with Crippen LogP contribution in [0.5, 0.6) is 0 Å². The third-order valence-electron chi connectivity index (χ3n) is 2.93. The van der Waals surface area contributed by atoms with Gasteiger partial charge in [0.1, 0.15) is 0 Å². The minimum Gasteiger partial charge on any atom is -0.313 e. The lowest BCUT2D eigenvalue weighted by molar-refractivity contribution is 0.512. The van der Waals surface area contributed by atoms with Crippen molar-refractivity contribution in [3.05, 3.63) is 35.4 Å². The van der Waals surface area contributed by atoms with Gasteiger partial charge in [0, 0.05) is 19.1 Å². The summed E-state index contributed by atoms with van der Waals surface area (Å²) in [6.07, 6.45) is 3.26. The SMILES string of the molecule is Cc1cccc(CCC(C)NCCNS(C)(=O)=O)c1. The van der Waals surface area contributed by atoms with E-state index in [-0.39, 0.29) is 0 Å². The van der Waals surface area contributed by atoms with E-state index in [0.29, 0.717) is 19.1 Å². The Morgan fingerprint density at radius 1 is 1.26 bits per heavy atom. The minimum atomic E-state index is -3.07. The Labute approximate surface area is 116 Å². The number of sulfonamides is 1. The molecule has 0 aromatic heterocycles. The Balaban J connectivity index is 2.19. The average Bonchev–Trinajstić information content (AvgIpc) is 2.31. The zero-order valence-electron chi connectivity index (χ0n) is 11.9. The summed E-state index contributed by atoms with van der Waals surface area (Å²) in [5.74, 6) is 0. The molecule has 1 atom stereocenters. The molecule has 1 unspecified atom stereocenters. The van der Waals surface area contributed by atoms with Crippen LogP contribution in [-0.4, -0.2) is 33.8 Å². The van der Waals surface area contributed by atoms with Crippen molar-refractivity contribution in [3.63, 3.8) is 0 Å². The molecule has 0 fully saturated rings. The van der Waals surface area contributed by atoms with Crippen molar-refractivity contribution in [3.8, 4) is 0 Å². The zero-order chi connectivity index (χ0) is 14.3. The highest BCUT2D eigenvalue weighted by Gasteiger charge is 2.03. The van der Waals surface area contributed by atoms with Crippen LogP contribution in [0.25, 0.3) is 0 Å². The first kappa shape index (κ1) is 16.1. The average molecular weight is 284 g/mol. The van der Waals surface area contributed by atoms with E-state index in [0.717, 1.165) is 12.8 Å². The number of hydrogen-bond acceptors (Lipinski definition) is 3. The molecule has 0 heterocycles. The van der Waals surface area contributed by atoms with E-state index in [1.165, 1.54) is 17.4 Å². The number of rotatable bonds is 8. The first-order valence-electron chi connectivity index (χ1n) is 6.60. The highest BCUT2D eigenvalue weighted by molar-refractivity contribution is 7.88.